The molecule has 1 aliphatic carbocycles. The smallest absolute Gasteiger partial charge is 0.295 e. The second-order valence-electron chi connectivity index (χ2n) is 9.51. The van der Waals surface area contributed by atoms with E-state index in [1.165, 1.54) is 0 Å². The molecule has 0 spiro atoms. The van der Waals surface area contributed by atoms with Crippen molar-refractivity contribution in [2.45, 2.75) is 38.0 Å². The predicted molar refractivity (Wildman–Crippen MR) is 130 cm³/mol. The van der Waals surface area contributed by atoms with E-state index in [4.69, 9.17) is 14.2 Å². The predicted octanol–water partition coefficient (Wildman–Crippen LogP) is 2.29. The van der Waals surface area contributed by atoms with Gasteiger partial charge in [-0.2, -0.15) is 0 Å². The van der Waals surface area contributed by atoms with Gasteiger partial charge in [-0.3, -0.25) is 14.5 Å². The van der Waals surface area contributed by atoms with E-state index in [0.717, 1.165) is 36.4 Å². The van der Waals surface area contributed by atoms with Crippen molar-refractivity contribution in [2.24, 2.45) is 0 Å². The molecule has 1 N–H and O–H groups in total. The number of Topliss-reactive ketones (excluding diaryl/α,β-unsaturated/α-hetero) is 1. The first kappa shape index (κ1) is 23.8. The SMILES string of the molecule is CO[C@H]1C=CC=C([C@H]2C(=C(O)c3ccc4c(c3)C[C@H](C)O4)C(=O)C(=O)N2CCN2CCOCC2)C1. The quantitative estimate of drug-likeness (QED) is 0.380. The molecular formula is C27H32N2O6. The van der Waals surface area contributed by atoms with E-state index in [2.05, 4.69) is 4.90 Å². The lowest BCUT2D eigenvalue weighted by Crippen LogP contribution is -2.45. The Morgan fingerprint density at radius 2 is 1.97 bits per heavy atom. The molecule has 1 amide bonds. The lowest BCUT2D eigenvalue weighted by molar-refractivity contribution is -0.139. The number of fused-ring (bicyclic) bond motifs is 1. The Hall–Kier alpha value is -2.94. The lowest BCUT2D eigenvalue weighted by Gasteiger charge is -2.32. The standard InChI is InChI=1S/C27H32N2O6/c1-17-14-20-15-19(6-7-22(20)35-17)25(30)23-24(18-4-3-5-21(16-18)33-2)29(27(32)26(23)31)9-8-28-10-12-34-13-11-28/h3-7,15,17,21,24,30H,8-14,16H2,1-2H3/t17-,21-,24-/m0/s1. The van der Waals surface area contributed by atoms with Gasteiger partial charge in [0.1, 0.15) is 17.6 Å². The third-order valence-corrected chi connectivity index (χ3v) is 7.20. The molecule has 3 atom stereocenters. The number of ketones is 1. The van der Waals surface area contributed by atoms with Crippen LogP contribution in [0.3, 0.4) is 0 Å². The Bertz CT molecular complexity index is 1100. The summed E-state index contributed by atoms with van der Waals surface area (Å²) in [5.41, 5.74) is 2.52. The molecule has 2 fully saturated rings. The molecule has 8 nitrogen and oxygen atoms in total. The number of ether oxygens (including phenoxy) is 3. The molecule has 0 unspecified atom stereocenters. The van der Waals surface area contributed by atoms with Gasteiger partial charge in [-0.1, -0.05) is 18.2 Å². The first-order valence-electron chi connectivity index (χ1n) is 12.2. The molecule has 1 aromatic rings. The Kier molecular flexibility index (Phi) is 6.77. The molecule has 1 aromatic carbocycles. The van der Waals surface area contributed by atoms with Crippen LogP contribution in [0.2, 0.25) is 0 Å². The number of likely N-dealkylation sites (tertiary alicyclic amines) is 1. The van der Waals surface area contributed by atoms with E-state index >= 15 is 0 Å². The molecule has 8 heteroatoms. The summed E-state index contributed by atoms with van der Waals surface area (Å²) in [6.45, 7) is 5.93. The van der Waals surface area contributed by atoms with Gasteiger partial charge in [-0.25, -0.2) is 0 Å². The minimum atomic E-state index is -0.649. The first-order chi connectivity index (χ1) is 17.0. The summed E-state index contributed by atoms with van der Waals surface area (Å²) in [7, 11) is 1.64. The summed E-state index contributed by atoms with van der Waals surface area (Å²) in [6.07, 6.45) is 6.97. The number of allylic oxidation sites excluding steroid dienone is 2. The number of morpholine rings is 1. The summed E-state index contributed by atoms with van der Waals surface area (Å²) < 4.78 is 16.7. The third kappa shape index (κ3) is 4.66. The van der Waals surface area contributed by atoms with Gasteiger partial charge in [-0.15, -0.1) is 0 Å². The number of hydrogen-bond donors (Lipinski definition) is 1. The minimum absolute atomic E-state index is 0.0679. The molecule has 186 valence electrons. The maximum Gasteiger partial charge on any atom is 0.295 e. The van der Waals surface area contributed by atoms with Crippen LogP contribution < -0.4 is 4.74 Å². The third-order valence-electron chi connectivity index (χ3n) is 7.20. The Balaban J connectivity index is 1.51. The van der Waals surface area contributed by atoms with Crippen molar-refractivity contribution in [1.82, 2.24) is 9.80 Å². The average molecular weight is 481 g/mol. The van der Waals surface area contributed by atoms with Crippen molar-refractivity contribution in [2.75, 3.05) is 46.5 Å². The van der Waals surface area contributed by atoms with E-state index in [0.29, 0.717) is 38.3 Å². The molecule has 0 saturated carbocycles. The minimum Gasteiger partial charge on any atom is -0.507 e. The number of carbonyl (C=O) groups excluding carboxylic acids is 2. The zero-order valence-electron chi connectivity index (χ0n) is 20.2. The molecule has 0 bridgehead atoms. The van der Waals surface area contributed by atoms with Crippen LogP contribution in [0.1, 0.15) is 24.5 Å². The van der Waals surface area contributed by atoms with Crippen LogP contribution in [0, 0.1) is 0 Å². The zero-order chi connectivity index (χ0) is 24.5. The van der Waals surface area contributed by atoms with Crippen molar-refractivity contribution in [3.05, 3.63) is 58.7 Å². The van der Waals surface area contributed by atoms with Crippen LogP contribution in [-0.4, -0.2) is 91.3 Å². The highest BCUT2D eigenvalue weighted by Gasteiger charge is 2.47. The molecule has 4 aliphatic rings. The van der Waals surface area contributed by atoms with Crippen LogP contribution in [0.25, 0.3) is 5.76 Å². The number of methoxy groups -OCH3 is 1. The first-order valence-corrected chi connectivity index (χ1v) is 12.2. The van der Waals surface area contributed by atoms with Crippen molar-refractivity contribution in [1.29, 1.82) is 0 Å². The molecular weight excluding hydrogens is 448 g/mol. The van der Waals surface area contributed by atoms with Crippen molar-refractivity contribution < 1.29 is 28.9 Å². The van der Waals surface area contributed by atoms with E-state index in [1.807, 2.05) is 37.3 Å². The summed E-state index contributed by atoms with van der Waals surface area (Å²) in [5, 5.41) is 11.4. The van der Waals surface area contributed by atoms with E-state index in [9.17, 15) is 14.7 Å². The number of nitrogens with zero attached hydrogens (tertiary/aromatic N) is 2. The highest BCUT2D eigenvalue weighted by Crippen LogP contribution is 2.37. The fourth-order valence-electron chi connectivity index (χ4n) is 5.33. The largest absolute Gasteiger partial charge is 0.507 e. The number of carbonyl (C=O) groups is 2. The fraction of sp³-hybridized carbons (Fsp3) is 0.481. The fourth-order valence-corrected chi connectivity index (χ4v) is 5.33. The van der Waals surface area contributed by atoms with Crippen LogP contribution in [-0.2, 0) is 25.5 Å². The van der Waals surface area contributed by atoms with Gasteiger partial charge >= 0.3 is 0 Å². The van der Waals surface area contributed by atoms with Crippen molar-refractivity contribution in [3.8, 4) is 5.75 Å². The molecule has 5 rings (SSSR count). The Morgan fingerprint density at radius 1 is 1.17 bits per heavy atom. The summed E-state index contributed by atoms with van der Waals surface area (Å²) in [5.74, 6) is -0.579. The molecule has 3 aliphatic heterocycles. The highest BCUT2D eigenvalue weighted by molar-refractivity contribution is 6.47. The van der Waals surface area contributed by atoms with E-state index in [-0.39, 0.29) is 23.5 Å². The summed E-state index contributed by atoms with van der Waals surface area (Å²) in [4.78, 5) is 30.4. The number of rotatable bonds is 6. The van der Waals surface area contributed by atoms with Gasteiger partial charge in [0.25, 0.3) is 11.7 Å². The van der Waals surface area contributed by atoms with Gasteiger partial charge in [0.15, 0.2) is 0 Å². The maximum atomic E-state index is 13.3. The van der Waals surface area contributed by atoms with Gasteiger partial charge in [-0.05, 0) is 36.3 Å². The molecule has 3 heterocycles. The average Bonchev–Trinajstić information content (AvgIpc) is 3.38. The topological polar surface area (TPSA) is 88.5 Å². The number of hydrogen-bond acceptors (Lipinski definition) is 7. The number of aliphatic hydroxyl groups excluding tert-OH is 1. The number of aliphatic hydroxyl groups is 1. The molecule has 0 aromatic heterocycles. The van der Waals surface area contributed by atoms with Gasteiger partial charge in [0.05, 0.1) is 30.9 Å². The molecule has 0 radical (unpaired) electrons. The van der Waals surface area contributed by atoms with Crippen LogP contribution in [0.5, 0.6) is 5.75 Å². The van der Waals surface area contributed by atoms with Gasteiger partial charge < -0.3 is 24.2 Å². The van der Waals surface area contributed by atoms with E-state index in [1.54, 1.807) is 18.1 Å². The maximum absolute atomic E-state index is 13.3. The normalized spacial score (nSPS) is 28.2. The second kappa shape index (κ2) is 9.97. The molecule has 35 heavy (non-hydrogen) atoms. The van der Waals surface area contributed by atoms with Crippen molar-refractivity contribution >= 4 is 17.4 Å². The highest BCUT2D eigenvalue weighted by atomic mass is 16.5. The summed E-state index contributed by atoms with van der Waals surface area (Å²) >= 11 is 0. The summed E-state index contributed by atoms with van der Waals surface area (Å²) in [6, 6.07) is 4.79. The monoisotopic (exact) mass is 480 g/mol. The molecule has 2 saturated heterocycles. The number of amides is 1. The van der Waals surface area contributed by atoms with Crippen molar-refractivity contribution in [3.63, 3.8) is 0 Å². The Labute approximate surface area is 205 Å². The second-order valence-corrected chi connectivity index (χ2v) is 9.51. The van der Waals surface area contributed by atoms with Gasteiger partial charge in [0, 0.05) is 51.7 Å². The number of benzene rings is 1. The zero-order valence-corrected chi connectivity index (χ0v) is 20.2. The van der Waals surface area contributed by atoms with Gasteiger partial charge in [0.2, 0.25) is 0 Å². The van der Waals surface area contributed by atoms with Crippen LogP contribution >= 0.6 is 0 Å². The Morgan fingerprint density at radius 3 is 2.74 bits per heavy atom. The lowest BCUT2D eigenvalue weighted by atomic mass is 9.89. The van der Waals surface area contributed by atoms with Crippen LogP contribution in [0.4, 0.5) is 0 Å². The van der Waals surface area contributed by atoms with E-state index < -0.39 is 17.7 Å². The van der Waals surface area contributed by atoms with Crippen LogP contribution in [0.15, 0.2) is 47.6 Å².